The van der Waals surface area contributed by atoms with E-state index in [0.717, 1.165) is 18.0 Å². The zero-order valence-corrected chi connectivity index (χ0v) is 18.8. The van der Waals surface area contributed by atoms with E-state index in [1.807, 2.05) is 12.1 Å². The summed E-state index contributed by atoms with van der Waals surface area (Å²) in [7, 11) is -3.98. The minimum Gasteiger partial charge on any atom is -0.504 e. The van der Waals surface area contributed by atoms with Gasteiger partial charge in [0.2, 0.25) is 0 Å². The number of rotatable bonds is 8. The second kappa shape index (κ2) is 7.52. The van der Waals surface area contributed by atoms with E-state index in [0.29, 0.717) is 5.75 Å². The molecule has 0 aromatic heterocycles. The number of phenolic OH excluding ortho intramolecular Hbond substituents is 1. The van der Waals surface area contributed by atoms with Gasteiger partial charge in [0.1, 0.15) is 0 Å². The molecule has 0 radical (unpaired) electrons. The van der Waals surface area contributed by atoms with Crippen LogP contribution in [0.3, 0.4) is 0 Å². The Labute approximate surface area is 144 Å². The highest BCUT2D eigenvalue weighted by Gasteiger charge is 2.39. The fourth-order valence-corrected chi connectivity index (χ4v) is 15.1. The lowest BCUT2D eigenvalue weighted by Gasteiger charge is -2.38. The zero-order valence-electron chi connectivity index (χ0n) is 15.8. The van der Waals surface area contributed by atoms with Gasteiger partial charge < -0.3 is 18.1 Å². The van der Waals surface area contributed by atoms with Gasteiger partial charge in [0, 0.05) is 0 Å². The van der Waals surface area contributed by atoms with Gasteiger partial charge in [-0.15, -0.1) is 0 Å². The van der Waals surface area contributed by atoms with Crippen molar-refractivity contribution in [3.05, 3.63) is 23.8 Å². The van der Waals surface area contributed by atoms with Crippen LogP contribution in [-0.4, -0.2) is 37.4 Å². The fourth-order valence-electron chi connectivity index (χ4n) is 2.67. The number of ether oxygens (including phenoxy) is 1. The third kappa shape index (κ3) is 7.67. The van der Waals surface area contributed by atoms with Gasteiger partial charge >= 0.3 is 8.56 Å². The average molecular weight is 373 g/mol. The Hall–Kier alpha value is -0.609. The quantitative estimate of drug-likeness (QED) is 0.671. The molecule has 0 amide bonds. The molecule has 1 aromatic rings. The smallest absolute Gasteiger partial charge is 0.314 e. The maximum atomic E-state index is 9.71. The molecular weight excluding hydrogens is 340 g/mol. The van der Waals surface area contributed by atoms with E-state index < -0.39 is 25.2 Å². The van der Waals surface area contributed by atoms with Crippen LogP contribution < -0.4 is 4.74 Å². The standard InChI is InChI=1S/C16H32O4Si3/c1-18-16-13-14(9-10-15(16)17)11-12-23(8,19-21(2,3)4)20-22(5,6)7/h9-10,13,17H,11-12H2,1-8H3. The molecule has 1 rings (SSSR count). The zero-order chi connectivity index (χ0) is 17.9. The van der Waals surface area contributed by atoms with E-state index in [4.69, 9.17) is 13.0 Å². The van der Waals surface area contributed by atoms with E-state index in [-0.39, 0.29) is 5.75 Å². The van der Waals surface area contributed by atoms with Crippen molar-refractivity contribution in [2.24, 2.45) is 0 Å². The Morgan fingerprint density at radius 2 is 1.43 bits per heavy atom. The van der Waals surface area contributed by atoms with Gasteiger partial charge in [-0.05, 0) is 76.0 Å². The second-order valence-corrected chi connectivity index (χ2v) is 20.9. The van der Waals surface area contributed by atoms with E-state index >= 15 is 0 Å². The van der Waals surface area contributed by atoms with Crippen molar-refractivity contribution in [3.63, 3.8) is 0 Å². The van der Waals surface area contributed by atoms with E-state index in [1.54, 1.807) is 13.2 Å². The predicted octanol–water partition coefficient (Wildman–Crippen LogP) is 4.72. The molecule has 1 N–H and O–H groups in total. The summed E-state index contributed by atoms with van der Waals surface area (Å²) in [6.45, 7) is 15.5. The first-order valence-electron chi connectivity index (χ1n) is 8.10. The summed E-state index contributed by atoms with van der Waals surface area (Å²) in [6.07, 6.45) is 0.869. The van der Waals surface area contributed by atoms with E-state index in [9.17, 15) is 5.11 Å². The molecule has 0 unspecified atom stereocenters. The summed E-state index contributed by atoms with van der Waals surface area (Å²) in [6, 6.07) is 6.43. The first-order chi connectivity index (χ1) is 10.3. The Balaban J connectivity index is 2.89. The summed E-state index contributed by atoms with van der Waals surface area (Å²) in [5.41, 5.74) is 1.14. The normalized spacial score (nSPS) is 13.2. The van der Waals surface area contributed by atoms with Gasteiger partial charge in [-0.3, -0.25) is 0 Å². The number of aromatic hydroxyl groups is 1. The number of aryl methyl sites for hydroxylation is 1. The first-order valence-corrected chi connectivity index (χ1v) is 17.4. The van der Waals surface area contributed by atoms with Crippen LogP contribution in [0.25, 0.3) is 0 Å². The van der Waals surface area contributed by atoms with Crippen LogP contribution in [0.2, 0.25) is 51.9 Å². The highest BCUT2D eigenvalue weighted by atomic mass is 28.5. The Bertz CT molecular complexity index is 505. The largest absolute Gasteiger partial charge is 0.504 e. The lowest BCUT2D eigenvalue weighted by molar-refractivity contribution is 0.372. The molecule has 0 spiro atoms. The highest BCUT2D eigenvalue weighted by Crippen LogP contribution is 2.29. The van der Waals surface area contributed by atoms with Gasteiger partial charge in [0.15, 0.2) is 28.1 Å². The molecule has 0 atom stereocenters. The van der Waals surface area contributed by atoms with Crippen molar-refractivity contribution in [2.75, 3.05) is 7.11 Å². The highest BCUT2D eigenvalue weighted by molar-refractivity contribution is 6.87. The molecule has 1 aromatic carbocycles. The van der Waals surface area contributed by atoms with Crippen molar-refractivity contribution >= 4 is 25.2 Å². The summed E-state index contributed by atoms with van der Waals surface area (Å²) >= 11 is 0. The van der Waals surface area contributed by atoms with Crippen LogP contribution in [0.15, 0.2) is 18.2 Å². The Morgan fingerprint density at radius 3 is 1.87 bits per heavy atom. The van der Waals surface area contributed by atoms with Gasteiger partial charge in [-0.1, -0.05) is 6.07 Å². The van der Waals surface area contributed by atoms with Crippen LogP contribution in [0, 0.1) is 0 Å². The van der Waals surface area contributed by atoms with Crippen LogP contribution in [0.1, 0.15) is 5.56 Å². The molecule has 132 valence electrons. The topological polar surface area (TPSA) is 47.9 Å². The summed E-state index contributed by atoms with van der Waals surface area (Å²) in [4.78, 5) is 0. The van der Waals surface area contributed by atoms with Gasteiger partial charge in [0.05, 0.1) is 7.11 Å². The number of methoxy groups -OCH3 is 1. The molecule has 0 bridgehead atoms. The van der Waals surface area contributed by atoms with Crippen LogP contribution in [0.5, 0.6) is 11.5 Å². The van der Waals surface area contributed by atoms with Gasteiger partial charge in [-0.2, -0.15) is 0 Å². The molecule has 0 heterocycles. The predicted molar refractivity (Wildman–Crippen MR) is 104 cm³/mol. The second-order valence-electron chi connectivity index (χ2n) is 8.07. The van der Waals surface area contributed by atoms with Gasteiger partial charge in [0.25, 0.3) is 0 Å². The maximum absolute atomic E-state index is 9.71. The Kier molecular flexibility index (Phi) is 6.68. The summed E-state index contributed by atoms with van der Waals surface area (Å²) in [5.74, 6) is 0.691. The lowest BCUT2D eigenvalue weighted by Crippen LogP contribution is -2.52. The molecule has 0 aliphatic rings. The third-order valence-corrected chi connectivity index (χ3v) is 12.7. The lowest BCUT2D eigenvalue weighted by atomic mass is 10.1. The maximum Gasteiger partial charge on any atom is 0.314 e. The first kappa shape index (κ1) is 20.4. The molecule has 4 nitrogen and oxygen atoms in total. The monoisotopic (exact) mass is 372 g/mol. The SMILES string of the molecule is COc1cc(CC[Si](C)(O[Si](C)(C)C)O[Si](C)(C)C)ccc1O. The number of hydrogen-bond acceptors (Lipinski definition) is 4. The van der Waals surface area contributed by atoms with E-state index in [1.165, 1.54) is 0 Å². The number of benzene rings is 1. The molecule has 0 saturated heterocycles. The molecule has 0 saturated carbocycles. The average Bonchev–Trinajstić information content (AvgIpc) is 2.33. The molecule has 0 aliphatic heterocycles. The van der Waals surface area contributed by atoms with Crippen molar-refractivity contribution < 1.29 is 18.1 Å². The summed E-state index contributed by atoms with van der Waals surface area (Å²) in [5, 5.41) is 9.71. The fraction of sp³-hybridized carbons (Fsp3) is 0.625. The molecule has 7 heteroatoms. The van der Waals surface area contributed by atoms with Crippen molar-refractivity contribution in [3.8, 4) is 11.5 Å². The number of phenols is 1. The minimum absolute atomic E-state index is 0.174. The van der Waals surface area contributed by atoms with Crippen molar-refractivity contribution in [2.45, 2.75) is 58.3 Å². The molecule has 0 aliphatic carbocycles. The molecule has 0 fully saturated rings. The van der Waals surface area contributed by atoms with Crippen molar-refractivity contribution in [1.29, 1.82) is 0 Å². The van der Waals surface area contributed by atoms with Crippen molar-refractivity contribution in [1.82, 2.24) is 0 Å². The third-order valence-electron chi connectivity index (χ3n) is 3.16. The number of hydrogen-bond donors (Lipinski definition) is 1. The minimum atomic E-state index is -2.22. The summed E-state index contributed by atoms with van der Waals surface area (Å²) < 4.78 is 18.2. The van der Waals surface area contributed by atoms with Crippen LogP contribution >= 0.6 is 0 Å². The van der Waals surface area contributed by atoms with Crippen LogP contribution in [0.4, 0.5) is 0 Å². The molecule has 23 heavy (non-hydrogen) atoms. The molecular formula is C16H32O4Si3. The van der Waals surface area contributed by atoms with Gasteiger partial charge in [-0.25, -0.2) is 0 Å². The van der Waals surface area contributed by atoms with E-state index in [2.05, 4.69) is 45.8 Å². The van der Waals surface area contributed by atoms with Crippen LogP contribution in [-0.2, 0) is 14.7 Å². The Morgan fingerprint density at radius 1 is 0.913 bits per heavy atom.